The molecule has 5 nitrogen and oxygen atoms in total. The molecule has 0 aliphatic rings. The summed E-state index contributed by atoms with van der Waals surface area (Å²) in [7, 11) is -4.02. The number of halogens is 2. The first-order chi connectivity index (χ1) is 12.4. The molecule has 2 N–H and O–H groups in total. The molecule has 132 valence electrons. The lowest BCUT2D eigenvalue weighted by atomic mass is 10.1. The molecule has 0 aliphatic heterocycles. The third kappa shape index (κ3) is 3.72. The molecule has 3 aromatic rings. The molecule has 0 atom stereocenters. The van der Waals surface area contributed by atoms with Crippen molar-refractivity contribution in [3.63, 3.8) is 0 Å². The Morgan fingerprint density at radius 1 is 1.15 bits per heavy atom. The topological polar surface area (TPSA) is 85.8 Å². The largest absolute Gasteiger partial charge is 0.366 e. The Kier molecular flexibility index (Phi) is 4.98. The van der Waals surface area contributed by atoms with Crippen molar-refractivity contribution in [3.05, 3.63) is 82.4 Å². The number of sulfonamides is 1. The zero-order valence-corrected chi connectivity index (χ0v) is 14.9. The van der Waals surface area contributed by atoms with Gasteiger partial charge in [0.2, 0.25) is 0 Å². The number of benzene rings is 2. The quantitative estimate of drug-likeness (QED) is 0.689. The van der Waals surface area contributed by atoms with E-state index < -0.39 is 15.8 Å². The number of hydrogen-bond acceptors (Lipinski definition) is 3. The molecule has 3 rings (SSSR count). The van der Waals surface area contributed by atoms with Crippen LogP contribution in [0.2, 0.25) is 5.02 Å². The SMILES string of the molecule is N#Cc1ccc(NS(=O)(=O)c2c[nH]cc2Cc2ccccc2Cl)c(F)c1. The number of aromatic amines is 1. The van der Waals surface area contributed by atoms with E-state index in [1.807, 2.05) is 6.07 Å². The van der Waals surface area contributed by atoms with E-state index in [9.17, 15) is 12.8 Å². The molecule has 8 heteroatoms. The lowest BCUT2D eigenvalue weighted by Gasteiger charge is -2.10. The van der Waals surface area contributed by atoms with Gasteiger partial charge >= 0.3 is 0 Å². The van der Waals surface area contributed by atoms with Crippen LogP contribution in [-0.4, -0.2) is 13.4 Å². The fraction of sp³-hybridized carbons (Fsp3) is 0.0556. The molecule has 0 amide bonds. The Hall–Kier alpha value is -2.82. The summed E-state index contributed by atoms with van der Waals surface area (Å²) in [6.07, 6.45) is 3.19. The summed E-state index contributed by atoms with van der Waals surface area (Å²) in [5, 5.41) is 9.30. The maximum Gasteiger partial charge on any atom is 0.263 e. The zero-order chi connectivity index (χ0) is 18.7. The molecule has 0 unspecified atom stereocenters. The Balaban J connectivity index is 1.91. The van der Waals surface area contributed by atoms with Crippen molar-refractivity contribution in [2.24, 2.45) is 0 Å². The van der Waals surface area contributed by atoms with Crippen molar-refractivity contribution in [1.29, 1.82) is 5.26 Å². The van der Waals surface area contributed by atoms with Crippen molar-refractivity contribution in [1.82, 2.24) is 4.98 Å². The first-order valence-electron chi connectivity index (χ1n) is 7.52. The summed E-state index contributed by atoms with van der Waals surface area (Å²) in [4.78, 5) is 2.76. The van der Waals surface area contributed by atoms with Crippen LogP contribution < -0.4 is 4.72 Å². The number of nitriles is 1. The Morgan fingerprint density at radius 2 is 1.92 bits per heavy atom. The molecule has 1 aromatic heterocycles. The van der Waals surface area contributed by atoms with E-state index in [4.69, 9.17) is 16.9 Å². The highest BCUT2D eigenvalue weighted by molar-refractivity contribution is 7.92. The predicted octanol–water partition coefficient (Wildman–Crippen LogP) is 4.07. The summed E-state index contributed by atoms with van der Waals surface area (Å²) in [5.74, 6) is -0.823. The van der Waals surface area contributed by atoms with Gasteiger partial charge in [-0.2, -0.15) is 5.26 Å². The Morgan fingerprint density at radius 3 is 2.62 bits per heavy atom. The second kappa shape index (κ2) is 7.20. The van der Waals surface area contributed by atoms with Crippen molar-refractivity contribution in [2.45, 2.75) is 11.3 Å². The number of rotatable bonds is 5. The molecule has 0 bridgehead atoms. The van der Waals surface area contributed by atoms with Crippen molar-refractivity contribution >= 4 is 27.3 Å². The van der Waals surface area contributed by atoms with Crippen LogP contribution in [0.25, 0.3) is 0 Å². The molecule has 0 radical (unpaired) electrons. The molecule has 0 saturated carbocycles. The van der Waals surface area contributed by atoms with Crippen LogP contribution in [0, 0.1) is 17.1 Å². The minimum absolute atomic E-state index is 0.00109. The fourth-order valence-electron chi connectivity index (χ4n) is 2.48. The van der Waals surface area contributed by atoms with Crippen LogP contribution in [-0.2, 0) is 16.4 Å². The molecule has 0 saturated heterocycles. The first-order valence-corrected chi connectivity index (χ1v) is 9.38. The van der Waals surface area contributed by atoms with Gasteiger partial charge in [0.15, 0.2) is 0 Å². The van der Waals surface area contributed by atoms with Crippen molar-refractivity contribution in [2.75, 3.05) is 4.72 Å². The highest BCUT2D eigenvalue weighted by atomic mass is 35.5. The minimum atomic E-state index is -4.02. The predicted molar refractivity (Wildman–Crippen MR) is 97.0 cm³/mol. The van der Waals surface area contributed by atoms with E-state index in [0.717, 1.165) is 11.6 Å². The molecule has 1 heterocycles. The summed E-state index contributed by atoms with van der Waals surface area (Å²) in [5.41, 5.74) is 1.15. The number of aromatic nitrogens is 1. The van der Waals surface area contributed by atoms with Crippen LogP contribution >= 0.6 is 11.6 Å². The Bertz CT molecular complexity index is 1100. The fourth-order valence-corrected chi connectivity index (χ4v) is 3.95. The van der Waals surface area contributed by atoms with Gasteiger partial charge in [0.1, 0.15) is 10.7 Å². The Labute approximate surface area is 155 Å². The van der Waals surface area contributed by atoms with Gasteiger partial charge in [0.25, 0.3) is 10.0 Å². The second-order valence-electron chi connectivity index (χ2n) is 5.52. The molecular weight excluding hydrogens is 377 g/mol. The van der Waals surface area contributed by atoms with Crippen LogP contribution in [0.4, 0.5) is 10.1 Å². The van der Waals surface area contributed by atoms with Gasteiger partial charge in [-0.25, -0.2) is 12.8 Å². The van der Waals surface area contributed by atoms with Gasteiger partial charge in [-0.1, -0.05) is 29.8 Å². The number of H-pyrrole nitrogens is 1. The smallest absolute Gasteiger partial charge is 0.263 e. The number of anilines is 1. The lowest BCUT2D eigenvalue weighted by Crippen LogP contribution is -2.15. The van der Waals surface area contributed by atoms with Crippen LogP contribution in [0.15, 0.2) is 59.8 Å². The second-order valence-corrected chi connectivity index (χ2v) is 7.58. The lowest BCUT2D eigenvalue weighted by molar-refractivity contribution is 0.598. The minimum Gasteiger partial charge on any atom is -0.366 e. The molecule has 0 aliphatic carbocycles. The molecule has 0 fully saturated rings. The van der Waals surface area contributed by atoms with E-state index in [1.54, 1.807) is 30.5 Å². The van der Waals surface area contributed by atoms with Crippen LogP contribution in [0.3, 0.4) is 0 Å². The highest BCUT2D eigenvalue weighted by Crippen LogP contribution is 2.26. The van der Waals surface area contributed by atoms with E-state index in [1.165, 1.54) is 18.3 Å². The van der Waals surface area contributed by atoms with Gasteiger partial charge in [-0.15, -0.1) is 0 Å². The van der Waals surface area contributed by atoms with Gasteiger partial charge in [-0.3, -0.25) is 4.72 Å². The van der Waals surface area contributed by atoms with Gasteiger partial charge in [-0.05, 0) is 35.4 Å². The zero-order valence-electron chi connectivity index (χ0n) is 13.3. The monoisotopic (exact) mass is 389 g/mol. The summed E-state index contributed by atoms with van der Waals surface area (Å²) in [6, 6.07) is 12.4. The maximum absolute atomic E-state index is 14.0. The average Bonchev–Trinajstić information content (AvgIpc) is 3.08. The molecule has 0 spiro atoms. The third-order valence-electron chi connectivity index (χ3n) is 3.76. The van der Waals surface area contributed by atoms with Crippen LogP contribution in [0.5, 0.6) is 0 Å². The number of nitrogens with zero attached hydrogens (tertiary/aromatic N) is 1. The van der Waals surface area contributed by atoms with Gasteiger partial charge in [0.05, 0.1) is 17.3 Å². The third-order valence-corrected chi connectivity index (χ3v) is 5.58. The van der Waals surface area contributed by atoms with E-state index in [2.05, 4.69) is 9.71 Å². The number of nitrogens with one attached hydrogen (secondary N) is 2. The van der Waals surface area contributed by atoms with Crippen LogP contribution in [0.1, 0.15) is 16.7 Å². The molecule has 26 heavy (non-hydrogen) atoms. The normalized spacial score (nSPS) is 11.1. The van der Waals surface area contributed by atoms with E-state index >= 15 is 0 Å². The molecular formula is C18H13ClFN3O2S. The standard InChI is InChI=1S/C18H13ClFN3O2S/c19-15-4-2-1-3-13(15)8-14-10-22-11-18(14)26(24,25)23-17-6-5-12(9-21)7-16(17)20/h1-7,10-11,22-23H,8H2. The summed E-state index contributed by atoms with van der Waals surface area (Å²) in [6.45, 7) is 0. The number of hydrogen-bond donors (Lipinski definition) is 2. The van der Waals surface area contributed by atoms with Gasteiger partial charge in [0, 0.05) is 23.8 Å². The van der Waals surface area contributed by atoms with Gasteiger partial charge < -0.3 is 4.98 Å². The van der Waals surface area contributed by atoms with E-state index in [-0.39, 0.29) is 16.1 Å². The summed E-state index contributed by atoms with van der Waals surface area (Å²) >= 11 is 6.14. The van der Waals surface area contributed by atoms with Crippen molar-refractivity contribution < 1.29 is 12.8 Å². The first kappa shape index (κ1) is 18.0. The summed E-state index contributed by atoms with van der Waals surface area (Å²) < 4.78 is 41.6. The van der Waals surface area contributed by atoms with E-state index in [0.29, 0.717) is 17.0 Å². The maximum atomic E-state index is 14.0. The van der Waals surface area contributed by atoms with Crippen molar-refractivity contribution in [3.8, 4) is 6.07 Å². The highest BCUT2D eigenvalue weighted by Gasteiger charge is 2.21. The molecule has 2 aromatic carbocycles. The average molecular weight is 390 g/mol.